The summed E-state index contributed by atoms with van der Waals surface area (Å²) < 4.78 is 11.5. The summed E-state index contributed by atoms with van der Waals surface area (Å²) in [5, 5.41) is 10.3. The molecular weight excluding hydrogens is 304 g/mol. The number of aliphatic hydroxyl groups is 1. The van der Waals surface area contributed by atoms with E-state index in [0.717, 1.165) is 42.4 Å². The second kappa shape index (κ2) is 6.49. The third-order valence-electron chi connectivity index (χ3n) is 5.54. The van der Waals surface area contributed by atoms with Gasteiger partial charge in [0.05, 0.1) is 17.8 Å². The van der Waals surface area contributed by atoms with Gasteiger partial charge < -0.3 is 14.6 Å². The molecule has 4 heteroatoms. The minimum absolute atomic E-state index is 0.0920. The number of hydrogen-bond acceptors (Lipinski definition) is 4. The van der Waals surface area contributed by atoms with Crippen LogP contribution in [0.4, 0.5) is 0 Å². The summed E-state index contributed by atoms with van der Waals surface area (Å²) in [7, 11) is 0. The predicted molar refractivity (Wildman–Crippen MR) is 92.5 cm³/mol. The van der Waals surface area contributed by atoms with Gasteiger partial charge in [-0.15, -0.1) is 0 Å². The lowest BCUT2D eigenvalue weighted by Gasteiger charge is -2.15. The molecule has 2 heterocycles. The van der Waals surface area contributed by atoms with Crippen molar-refractivity contribution < 1.29 is 19.4 Å². The Labute approximate surface area is 144 Å². The van der Waals surface area contributed by atoms with E-state index < -0.39 is 6.10 Å². The Kier molecular flexibility index (Phi) is 4.71. The summed E-state index contributed by atoms with van der Waals surface area (Å²) in [6, 6.07) is 0. The largest absolute Gasteiger partial charge is 0.450 e. The summed E-state index contributed by atoms with van der Waals surface area (Å²) in [6.07, 6.45) is 7.63. The van der Waals surface area contributed by atoms with Gasteiger partial charge in [0, 0.05) is 5.57 Å². The highest BCUT2D eigenvalue weighted by molar-refractivity contribution is 5.92. The van der Waals surface area contributed by atoms with Crippen LogP contribution < -0.4 is 0 Å². The van der Waals surface area contributed by atoms with Crippen molar-refractivity contribution in [3.05, 3.63) is 34.4 Å². The number of esters is 1. The molecule has 1 fully saturated rings. The van der Waals surface area contributed by atoms with E-state index in [0.29, 0.717) is 6.42 Å². The third-order valence-corrected chi connectivity index (χ3v) is 5.54. The number of carbonyl (C=O) groups excluding carboxylic acids is 1. The van der Waals surface area contributed by atoms with Crippen LogP contribution in [0, 0.1) is 0 Å². The highest BCUT2D eigenvalue weighted by Gasteiger charge is 2.51. The van der Waals surface area contributed by atoms with Gasteiger partial charge in [0.15, 0.2) is 0 Å². The van der Waals surface area contributed by atoms with Crippen LogP contribution in [-0.4, -0.2) is 35.0 Å². The molecule has 3 aliphatic rings. The van der Waals surface area contributed by atoms with Crippen molar-refractivity contribution in [2.45, 2.75) is 83.7 Å². The summed E-state index contributed by atoms with van der Waals surface area (Å²) in [6.45, 7) is 8.05. The number of allylic oxidation sites excluding steroid dienone is 1. The van der Waals surface area contributed by atoms with Gasteiger partial charge in [-0.1, -0.05) is 17.2 Å². The van der Waals surface area contributed by atoms with Crippen molar-refractivity contribution in [1.29, 1.82) is 0 Å². The lowest BCUT2D eigenvalue weighted by Crippen LogP contribution is -2.15. The van der Waals surface area contributed by atoms with Crippen LogP contribution in [0.2, 0.25) is 0 Å². The van der Waals surface area contributed by atoms with Gasteiger partial charge in [0.1, 0.15) is 6.10 Å². The smallest absolute Gasteiger partial charge is 0.334 e. The van der Waals surface area contributed by atoms with Crippen LogP contribution in [-0.2, 0) is 14.3 Å². The Hall–Kier alpha value is -1.39. The van der Waals surface area contributed by atoms with Crippen LogP contribution in [0.5, 0.6) is 0 Å². The van der Waals surface area contributed by atoms with Crippen LogP contribution >= 0.6 is 0 Å². The molecule has 0 saturated carbocycles. The maximum atomic E-state index is 12.0. The molecule has 24 heavy (non-hydrogen) atoms. The van der Waals surface area contributed by atoms with Crippen LogP contribution in [0.1, 0.15) is 59.8 Å². The summed E-state index contributed by atoms with van der Waals surface area (Å²) in [4.78, 5) is 12.0. The SMILES string of the molecule is CC1=C2CC[C@@]3(C)O[C@@H]3CC/C(C)=C/[C@H](O)C/C(C)=C/[C@@H]2OC1=O. The highest BCUT2D eigenvalue weighted by Crippen LogP contribution is 2.45. The number of epoxide rings is 1. The molecule has 0 bridgehead atoms. The number of rotatable bonds is 0. The zero-order valence-corrected chi connectivity index (χ0v) is 15.1. The number of hydrogen-bond donors (Lipinski definition) is 1. The first-order chi connectivity index (χ1) is 11.3. The summed E-state index contributed by atoms with van der Waals surface area (Å²) in [5.74, 6) is -0.224. The summed E-state index contributed by atoms with van der Waals surface area (Å²) >= 11 is 0. The first-order valence-corrected chi connectivity index (χ1v) is 8.89. The predicted octanol–water partition coefficient (Wildman–Crippen LogP) is 3.60. The number of carbonyl (C=O) groups is 1. The second-order valence-corrected chi connectivity index (χ2v) is 7.73. The Morgan fingerprint density at radius 2 is 1.92 bits per heavy atom. The zero-order chi connectivity index (χ0) is 17.5. The minimum atomic E-state index is -0.499. The fourth-order valence-electron chi connectivity index (χ4n) is 3.83. The topological polar surface area (TPSA) is 59.1 Å². The van der Waals surface area contributed by atoms with E-state index >= 15 is 0 Å². The van der Waals surface area contributed by atoms with Gasteiger partial charge in [-0.3, -0.25) is 0 Å². The van der Waals surface area contributed by atoms with Crippen molar-refractivity contribution in [1.82, 2.24) is 0 Å². The van der Waals surface area contributed by atoms with Crippen LogP contribution in [0.15, 0.2) is 34.4 Å². The molecule has 1 saturated heterocycles. The fraction of sp³-hybridized carbons (Fsp3) is 0.650. The molecule has 132 valence electrons. The Morgan fingerprint density at radius 1 is 1.17 bits per heavy atom. The fourth-order valence-corrected chi connectivity index (χ4v) is 3.83. The standard InChI is InChI=1S/C20H28O4/c1-12-5-6-18-20(4,24-18)8-7-16-14(3)19(22)23-17(16)11-13(2)10-15(21)9-12/h9,11,15,17-18,21H,5-8,10H2,1-4H3/b12-9+,13-11+/t15-,17-,18+,20+/m0/s1. The third kappa shape index (κ3) is 3.65. The molecule has 0 aromatic heterocycles. The molecule has 0 aromatic carbocycles. The average molecular weight is 332 g/mol. The normalized spacial score (nSPS) is 42.0. The van der Waals surface area contributed by atoms with E-state index in [4.69, 9.17) is 9.47 Å². The van der Waals surface area contributed by atoms with E-state index in [1.165, 1.54) is 5.57 Å². The van der Waals surface area contributed by atoms with Gasteiger partial charge in [-0.2, -0.15) is 0 Å². The Bertz CT molecular complexity index is 628. The lowest BCUT2D eigenvalue weighted by molar-refractivity contribution is -0.138. The number of aliphatic hydroxyl groups excluding tert-OH is 1. The van der Waals surface area contributed by atoms with Crippen molar-refractivity contribution >= 4 is 5.97 Å². The Morgan fingerprint density at radius 3 is 2.67 bits per heavy atom. The van der Waals surface area contributed by atoms with Gasteiger partial charge in [0.2, 0.25) is 0 Å². The van der Waals surface area contributed by atoms with Crippen molar-refractivity contribution in [2.24, 2.45) is 0 Å². The number of fused-ring (bicyclic) bond motifs is 2. The molecule has 0 unspecified atom stereocenters. The molecular formula is C20H28O4. The number of ether oxygens (including phenoxy) is 2. The van der Waals surface area contributed by atoms with Crippen molar-refractivity contribution in [3.63, 3.8) is 0 Å². The first kappa shape index (κ1) is 17.4. The molecule has 0 aromatic rings. The quantitative estimate of drug-likeness (QED) is 0.418. The Balaban J connectivity index is 1.86. The van der Waals surface area contributed by atoms with Gasteiger partial charge in [0.25, 0.3) is 0 Å². The van der Waals surface area contributed by atoms with Gasteiger partial charge in [-0.05, 0) is 71.4 Å². The molecule has 0 spiro atoms. The molecule has 1 N–H and O–H groups in total. The van der Waals surface area contributed by atoms with E-state index in [9.17, 15) is 9.90 Å². The molecule has 4 atom stereocenters. The first-order valence-electron chi connectivity index (χ1n) is 8.89. The van der Waals surface area contributed by atoms with E-state index in [1.54, 1.807) is 0 Å². The maximum Gasteiger partial charge on any atom is 0.334 e. The highest BCUT2D eigenvalue weighted by atomic mass is 16.6. The van der Waals surface area contributed by atoms with Crippen molar-refractivity contribution in [2.75, 3.05) is 0 Å². The summed E-state index contributed by atoms with van der Waals surface area (Å²) in [5.41, 5.74) is 3.95. The van der Waals surface area contributed by atoms with E-state index in [2.05, 4.69) is 13.8 Å². The molecule has 1 aliphatic carbocycles. The lowest BCUT2D eigenvalue weighted by atomic mass is 9.90. The van der Waals surface area contributed by atoms with Crippen molar-refractivity contribution in [3.8, 4) is 0 Å². The molecule has 2 aliphatic heterocycles. The zero-order valence-electron chi connectivity index (χ0n) is 15.1. The maximum absolute atomic E-state index is 12.0. The van der Waals surface area contributed by atoms with E-state index in [1.807, 2.05) is 26.0 Å². The molecule has 4 nitrogen and oxygen atoms in total. The molecule has 0 amide bonds. The minimum Gasteiger partial charge on any atom is -0.450 e. The van der Waals surface area contributed by atoms with Gasteiger partial charge in [-0.25, -0.2) is 4.79 Å². The molecule has 0 radical (unpaired) electrons. The molecule has 3 rings (SSSR count). The van der Waals surface area contributed by atoms with Crippen LogP contribution in [0.3, 0.4) is 0 Å². The second-order valence-electron chi connectivity index (χ2n) is 7.73. The average Bonchev–Trinajstić information content (AvgIpc) is 3.06. The monoisotopic (exact) mass is 332 g/mol. The van der Waals surface area contributed by atoms with Gasteiger partial charge >= 0.3 is 5.97 Å². The van der Waals surface area contributed by atoms with E-state index in [-0.39, 0.29) is 23.8 Å². The van der Waals surface area contributed by atoms with Crippen LogP contribution in [0.25, 0.3) is 0 Å².